The molecule has 0 aromatic carbocycles. The third-order valence-corrected chi connectivity index (χ3v) is 2.64. The summed E-state index contributed by atoms with van der Waals surface area (Å²) in [7, 11) is 3.39. The van der Waals surface area contributed by atoms with E-state index in [1.165, 1.54) is 6.33 Å². The van der Waals surface area contributed by atoms with Gasteiger partial charge in [0, 0.05) is 31.9 Å². The molecule has 0 atom stereocenters. The zero-order valence-corrected chi connectivity index (χ0v) is 11.1. The summed E-state index contributed by atoms with van der Waals surface area (Å²) in [5.74, 6) is 1.96. The second-order valence-electron chi connectivity index (χ2n) is 3.85. The summed E-state index contributed by atoms with van der Waals surface area (Å²) in [6, 6.07) is 5.88. The number of hydrogen-bond acceptors (Lipinski definition) is 6. The number of methoxy groups -OCH3 is 1. The molecule has 0 aliphatic carbocycles. The van der Waals surface area contributed by atoms with E-state index in [1.807, 2.05) is 18.2 Å². The zero-order chi connectivity index (χ0) is 13.5. The Morgan fingerprint density at radius 3 is 2.68 bits per heavy atom. The number of aromatic nitrogens is 3. The topological polar surface area (TPSA) is 72.0 Å². The second kappa shape index (κ2) is 6.53. The first-order valence-electron chi connectivity index (χ1n) is 6.05. The summed E-state index contributed by atoms with van der Waals surface area (Å²) in [5.41, 5.74) is 1.04. The van der Waals surface area contributed by atoms with Crippen LogP contribution in [0.2, 0.25) is 0 Å². The molecular weight excluding hydrogens is 242 g/mol. The highest BCUT2D eigenvalue weighted by atomic mass is 16.5. The van der Waals surface area contributed by atoms with Gasteiger partial charge >= 0.3 is 0 Å². The Kier molecular flexibility index (Phi) is 4.49. The van der Waals surface area contributed by atoms with Gasteiger partial charge in [0.05, 0.1) is 7.11 Å². The molecule has 0 spiro atoms. The van der Waals surface area contributed by atoms with Crippen molar-refractivity contribution >= 4 is 11.6 Å². The molecule has 0 aliphatic heterocycles. The van der Waals surface area contributed by atoms with Crippen molar-refractivity contribution in [3.63, 3.8) is 0 Å². The minimum atomic E-state index is 0.617. The monoisotopic (exact) mass is 259 g/mol. The molecule has 19 heavy (non-hydrogen) atoms. The van der Waals surface area contributed by atoms with Crippen molar-refractivity contribution in [2.45, 2.75) is 6.42 Å². The number of anilines is 2. The maximum atomic E-state index is 5.30. The normalized spacial score (nSPS) is 10.0. The highest BCUT2D eigenvalue weighted by Gasteiger charge is 2.10. The van der Waals surface area contributed by atoms with Crippen LogP contribution in [0.15, 0.2) is 30.7 Å². The molecule has 0 unspecified atom stereocenters. The molecule has 2 rings (SSSR count). The van der Waals surface area contributed by atoms with Gasteiger partial charge in [-0.3, -0.25) is 4.98 Å². The van der Waals surface area contributed by atoms with Crippen LogP contribution in [0.5, 0.6) is 5.75 Å². The lowest BCUT2D eigenvalue weighted by molar-refractivity contribution is 0.415. The number of nitrogens with zero attached hydrogens (tertiary/aromatic N) is 3. The van der Waals surface area contributed by atoms with Gasteiger partial charge in [0.1, 0.15) is 6.33 Å². The van der Waals surface area contributed by atoms with Crippen molar-refractivity contribution in [2.75, 3.05) is 31.3 Å². The van der Waals surface area contributed by atoms with Gasteiger partial charge in [-0.25, -0.2) is 9.97 Å². The number of pyridine rings is 1. The molecule has 2 aromatic rings. The van der Waals surface area contributed by atoms with E-state index in [4.69, 9.17) is 4.74 Å². The average Bonchev–Trinajstić information content (AvgIpc) is 2.48. The van der Waals surface area contributed by atoms with E-state index < -0.39 is 0 Å². The fourth-order valence-corrected chi connectivity index (χ4v) is 1.73. The molecule has 0 bridgehead atoms. The van der Waals surface area contributed by atoms with Crippen molar-refractivity contribution < 1.29 is 4.74 Å². The molecule has 0 amide bonds. The standard InChI is InChI=1S/C13H17N5O/c1-14-12-11(19-2)13(18-9-17-12)16-8-6-10-5-3-4-7-15-10/h3-5,7,9H,6,8H2,1-2H3,(H2,14,16,17,18). The summed E-state index contributed by atoms with van der Waals surface area (Å²) in [4.78, 5) is 12.5. The predicted molar refractivity (Wildman–Crippen MR) is 74.6 cm³/mol. The van der Waals surface area contributed by atoms with Crippen molar-refractivity contribution in [2.24, 2.45) is 0 Å². The van der Waals surface area contributed by atoms with Crippen LogP contribution >= 0.6 is 0 Å². The summed E-state index contributed by atoms with van der Waals surface area (Å²) < 4.78 is 5.30. The lowest BCUT2D eigenvalue weighted by Crippen LogP contribution is -2.10. The number of rotatable bonds is 6. The maximum Gasteiger partial charge on any atom is 0.204 e. The molecule has 6 nitrogen and oxygen atoms in total. The van der Waals surface area contributed by atoms with E-state index in [0.717, 1.165) is 18.7 Å². The number of nitrogens with one attached hydrogen (secondary N) is 2. The van der Waals surface area contributed by atoms with Crippen LogP contribution in [-0.4, -0.2) is 35.7 Å². The Morgan fingerprint density at radius 1 is 1.16 bits per heavy atom. The highest BCUT2D eigenvalue weighted by molar-refractivity contribution is 5.63. The molecule has 100 valence electrons. The molecule has 2 N–H and O–H groups in total. The van der Waals surface area contributed by atoms with Gasteiger partial charge in [-0.2, -0.15) is 0 Å². The summed E-state index contributed by atoms with van der Waals surface area (Å²) >= 11 is 0. The Hall–Kier alpha value is -2.37. The van der Waals surface area contributed by atoms with Gasteiger partial charge in [-0.05, 0) is 12.1 Å². The molecule has 0 saturated heterocycles. The van der Waals surface area contributed by atoms with E-state index in [0.29, 0.717) is 17.4 Å². The van der Waals surface area contributed by atoms with Crippen molar-refractivity contribution in [3.8, 4) is 5.75 Å². The second-order valence-corrected chi connectivity index (χ2v) is 3.85. The minimum absolute atomic E-state index is 0.617. The number of ether oxygens (including phenoxy) is 1. The summed E-state index contributed by atoms with van der Waals surface area (Å²) in [6.45, 7) is 0.730. The van der Waals surface area contributed by atoms with Gasteiger partial charge < -0.3 is 15.4 Å². The fraction of sp³-hybridized carbons (Fsp3) is 0.308. The maximum absolute atomic E-state index is 5.30. The Balaban J connectivity index is 2.00. The van der Waals surface area contributed by atoms with Gasteiger partial charge in [-0.15, -0.1) is 0 Å². The molecule has 2 heterocycles. The quantitative estimate of drug-likeness (QED) is 0.820. The Bertz CT molecular complexity index is 518. The van der Waals surface area contributed by atoms with Crippen LogP contribution in [0.25, 0.3) is 0 Å². The third-order valence-electron chi connectivity index (χ3n) is 2.64. The van der Waals surface area contributed by atoms with E-state index in [-0.39, 0.29) is 0 Å². The van der Waals surface area contributed by atoms with Crippen molar-refractivity contribution in [1.29, 1.82) is 0 Å². The van der Waals surface area contributed by atoms with E-state index in [9.17, 15) is 0 Å². The van der Waals surface area contributed by atoms with Crippen molar-refractivity contribution in [1.82, 2.24) is 15.0 Å². The van der Waals surface area contributed by atoms with Crippen LogP contribution in [0.3, 0.4) is 0 Å². The Labute approximate surface area is 112 Å². The van der Waals surface area contributed by atoms with Gasteiger partial charge in [-0.1, -0.05) is 6.07 Å². The molecule has 2 aromatic heterocycles. The van der Waals surface area contributed by atoms with Gasteiger partial charge in [0.15, 0.2) is 11.6 Å². The highest BCUT2D eigenvalue weighted by Crippen LogP contribution is 2.28. The van der Waals surface area contributed by atoms with E-state index >= 15 is 0 Å². The van der Waals surface area contributed by atoms with Crippen LogP contribution in [0.1, 0.15) is 5.69 Å². The predicted octanol–water partition coefficient (Wildman–Crippen LogP) is 1.58. The number of hydrogen-bond donors (Lipinski definition) is 2. The van der Waals surface area contributed by atoms with E-state index in [2.05, 4.69) is 25.6 Å². The first-order chi connectivity index (χ1) is 9.35. The van der Waals surface area contributed by atoms with Crippen LogP contribution in [0.4, 0.5) is 11.6 Å². The lowest BCUT2D eigenvalue weighted by Gasteiger charge is -2.12. The summed E-state index contributed by atoms with van der Waals surface area (Å²) in [5, 5.41) is 6.20. The van der Waals surface area contributed by atoms with Crippen LogP contribution in [0, 0.1) is 0 Å². The minimum Gasteiger partial charge on any atom is -0.490 e. The zero-order valence-electron chi connectivity index (χ0n) is 11.1. The first kappa shape index (κ1) is 13.1. The third kappa shape index (κ3) is 3.31. The van der Waals surface area contributed by atoms with Gasteiger partial charge in [0.25, 0.3) is 0 Å². The first-order valence-corrected chi connectivity index (χ1v) is 6.05. The Morgan fingerprint density at radius 2 is 2.00 bits per heavy atom. The molecule has 6 heteroatoms. The molecule has 0 fully saturated rings. The van der Waals surface area contributed by atoms with Gasteiger partial charge in [0.2, 0.25) is 5.75 Å². The molecule has 0 saturated carbocycles. The molecule has 0 aliphatic rings. The fourth-order valence-electron chi connectivity index (χ4n) is 1.73. The van der Waals surface area contributed by atoms with Crippen LogP contribution in [-0.2, 0) is 6.42 Å². The molecular formula is C13H17N5O. The summed E-state index contributed by atoms with van der Waals surface area (Å²) in [6.07, 6.45) is 4.11. The SMILES string of the molecule is CNc1ncnc(NCCc2ccccn2)c1OC. The largest absolute Gasteiger partial charge is 0.490 e. The smallest absolute Gasteiger partial charge is 0.204 e. The average molecular weight is 259 g/mol. The molecule has 0 radical (unpaired) electrons. The van der Waals surface area contributed by atoms with Crippen molar-refractivity contribution in [3.05, 3.63) is 36.4 Å². The van der Waals surface area contributed by atoms with E-state index in [1.54, 1.807) is 20.4 Å². The lowest BCUT2D eigenvalue weighted by atomic mass is 10.3. The van der Waals surface area contributed by atoms with Crippen LogP contribution < -0.4 is 15.4 Å².